The Bertz CT molecular complexity index is 936. The molecule has 4 rings (SSSR count). The highest BCUT2D eigenvalue weighted by atomic mass is 16.1. The Labute approximate surface area is 145 Å². The van der Waals surface area contributed by atoms with Gasteiger partial charge in [-0.1, -0.05) is 6.92 Å². The van der Waals surface area contributed by atoms with Crippen molar-refractivity contribution in [3.63, 3.8) is 0 Å². The molecule has 0 spiro atoms. The lowest BCUT2D eigenvalue weighted by Crippen LogP contribution is -2.09. The standard InChI is InChI=1S/C19H19N5O/c1-2-17(25)14-11-21-19(9-16(14)22-13-4-5-13)24-18-6-3-12-10-20-8-7-15(12)23-18/h3,6-11,13H,2,4-5H2,1H3,(H2,21,22,23,24). The zero-order chi connectivity index (χ0) is 17.2. The summed E-state index contributed by atoms with van der Waals surface area (Å²) in [7, 11) is 0. The van der Waals surface area contributed by atoms with Crippen molar-refractivity contribution in [2.24, 2.45) is 0 Å². The van der Waals surface area contributed by atoms with E-state index in [9.17, 15) is 4.79 Å². The number of nitrogens with one attached hydrogen (secondary N) is 2. The molecule has 0 radical (unpaired) electrons. The lowest BCUT2D eigenvalue weighted by Gasteiger charge is -2.13. The first-order chi connectivity index (χ1) is 12.2. The van der Waals surface area contributed by atoms with Crippen LogP contribution in [-0.4, -0.2) is 26.8 Å². The molecule has 3 heterocycles. The highest BCUT2D eigenvalue weighted by Crippen LogP contribution is 2.29. The molecule has 0 saturated heterocycles. The number of fused-ring (bicyclic) bond motifs is 1. The molecule has 6 nitrogen and oxygen atoms in total. The molecule has 1 aliphatic carbocycles. The molecule has 3 aromatic rings. The second-order valence-corrected chi connectivity index (χ2v) is 6.20. The van der Waals surface area contributed by atoms with Gasteiger partial charge >= 0.3 is 0 Å². The van der Waals surface area contributed by atoms with E-state index >= 15 is 0 Å². The Kier molecular flexibility index (Phi) is 4.01. The fourth-order valence-corrected chi connectivity index (χ4v) is 2.67. The van der Waals surface area contributed by atoms with Crippen LogP contribution in [0.4, 0.5) is 17.3 Å². The van der Waals surface area contributed by atoms with E-state index in [1.807, 2.05) is 31.2 Å². The van der Waals surface area contributed by atoms with Gasteiger partial charge < -0.3 is 10.6 Å². The summed E-state index contributed by atoms with van der Waals surface area (Å²) in [6, 6.07) is 8.09. The van der Waals surface area contributed by atoms with Gasteiger partial charge in [0.05, 0.1) is 16.8 Å². The number of aromatic nitrogens is 3. The van der Waals surface area contributed by atoms with E-state index in [4.69, 9.17) is 0 Å². The predicted octanol–water partition coefficient (Wildman–Crippen LogP) is 3.94. The highest BCUT2D eigenvalue weighted by molar-refractivity contribution is 6.01. The molecular formula is C19H19N5O. The Morgan fingerprint density at radius 2 is 2.08 bits per heavy atom. The summed E-state index contributed by atoms with van der Waals surface area (Å²) in [5.74, 6) is 1.47. The minimum Gasteiger partial charge on any atom is -0.382 e. The Hall–Kier alpha value is -3.02. The summed E-state index contributed by atoms with van der Waals surface area (Å²) in [5, 5.41) is 7.63. The average molecular weight is 333 g/mol. The molecular weight excluding hydrogens is 314 g/mol. The zero-order valence-electron chi connectivity index (χ0n) is 14.0. The van der Waals surface area contributed by atoms with E-state index < -0.39 is 0 Å². The second-order valence-electron chi connectivity index (χ2n) is 6.20. The normalized spacial score (nSPS) is 13.6. The van der Waals surface area contributed by atoms with Crippen LogP contribution in [-0.2, 0) is 0 Å². The molecule has 0 amide bonds. The van der Waals surface area contributed by atoms with Crippen molar-refractivity contribution in [1.29, 1.82) is 0 Å². The van der Waals surface area contributed by atoms with Crippen LogP contribution in [0.25, 0.3) is 10.9 Å². The van der Waals surface area contributed by atoms with E-state index in [-0.39, 0.29) is 5.78 Å². The summed E-state index contributed by atoms with van der Waals surface area (Å²) >= 11 is 0. The number of hydrogen-bond acceptors (Lipinski definition) is 6. The van der Waals surface area contributed by atoms with Gasteiger partial charge in [0, 0.05) is 42.5 Å². The van der Waals surface area contributed by atoms with Crippen molar-refractivity contribution >= 4 is 34.0 Å². The maximum atomic E-state index is 12.1. The number of rotatable bonds is 6. The van der Waals surface area contributed by atoms with Gasteiger partial charge in [0.1, 0.15) is 11.6 Å². The van der Waals surface area contributed by atoms with Crippen molar-refractivity contribution < 1.29 is 4.79 Å². The molecule has 0 bridgehead atoms. The largest absolute Gasteiger partial charge is 0.382 e. The van der Waals surface area contributed by atoms with Gasteiger partial charge in [0.25, 0.3) is 0 Å². The maximum absolute atomic E-state index is 12.1. The van der Waals surface area contributed by atoms with Crippen molar-refractivity contribution in [3.8, 4) is 0 Å². The summed E-state index contributed by atoms with van der Waals surface area (Å²) in [6.07, 6.45) is 7.90. The van der Waals surface area contributed by atoms with E-state index in [0.717, 1.165) is 29.4 Å². The van der Waals surface area contributed by atoms with Crippen molar-refractivity contribution in [2.45, 2.75) is 32.2 Å². The Morgan fingerprint density at radius 1 is 1.20 bits per heavy atom. The first-order valence-electron chi connectivity index (χ1n) is 8.50. The van der Waals surface area contributed by atoms with Crippen molar-refractivity contribution in [2.75, 3.05) is 10.6 Å². The number of Topliss-reactive ketones (excluding diaryl/α,β-unsaturated/α-hetero) is 1. The van der Waals surface area contributed by atoms with Crippen LogP contribution in [0, 0.1) is 0 Å². The van der Waals surface area contributed by atoms with E-state index in [2.05, 4.69) is 25.6 Å². The number of nitrogens with zero attached hydrogens (tertiary/aromatic N) is 3. The van der Waals surface area contributed by atoms with Gasteiger partial charge in [-0.05, 0) is 31.0 Å². The number of hydrogen-bond donors (Lipinski definition) is 2. The molecule has 1 aliphatic rings. The highest BCUT2D eigenvalue weighted by Gasteiger charge is 2.23. The Morgan fingerprint density at radius 3 is 2.88 bits per heavy atom. The van der Waals surface area contributed by atoms with Gasteiger partial charge in [0.15, 0.2) is 5.78 Å². The van der Waals surface area contributed by atoms with Crippen molar-refractivity contribution in [3.05, 3.63) is 48.4 Å². The zero-order valence-corrected chi connectivity index (χ0v) is 14.0. The molecule has 2 N–H and O–H groups in total. The van der Waals surface area contributed by atoms with Crippen LogP contribution in [0.1, 0.15) is 36.5 Å². The van der Waals surface area contributed by atoms with Crippen LogP contribution < -0.4 is 10.6 Å². The number of anilines is 3. The molecule has 0 aliphatic heterocycles. The maximum Gasteiger partial charge on any atom is 0.166 e. The van der Waals surface area contributed by atoms with E-state index in [1.54, 1.807) is 18.6 Å². The monoisotopic (exact) mass is 333 g/mol. The molecule has 0 unspecified atom stereocenters. The number of ketones is 1. The molecule has 0 atom stereocenters. The third-order valence-electron chi connectivity index (χ3n) is 4.21. The lowest BCUT2D eigenvalue weighted by molar-refractivity contribution is 0.0988. The van der Waals surface area contributed by atoms with Crippen LogP contribution >= 0.6 is 0 Å². The van der Waals surface area contributed by atoms with E-state index in [0.29, 0.717) is 29.7 Å². The Balaban J connectivity index is 1.63. The van der Waals surface area contributed by atoms with Gasteiger partial charge in [-0.3, -0.25) is 9.78 Å². The third-order valence-corrected chi connectivity index (χ3v) is 4.21. The molecule has 126 valence electrons. The predicted molar refractivity (Wildman–Crippen MR) is 98.3 cm³/mol. The molecule has 0 aromatic carbocycles. The second kappa shape index (κ2) is 6.47. The minimum absolute atomic E-state index is 0.0959. The van der Waals surface area contributed by atoms with Crippen molar-refractivity contribution in [1.82, 2.24) is 15.0 Å². The van der Waals surface area contributed by atoms with Crippen LogP contribution in [0.5, 0.6) is 0 Å². The van der Waals surface area contributed by atoms with Crippen LogP contribution in [0.2, 0.25) is 0 Å². The lowest BCUT2D eigenvalue weighted by atomic mass is 10.1. The average Bonchev–Trinajstić information content (AvgIpc) is 3.45. The first-order valence-corrected chi connectivity index (χ1v) is 8.50. The fraction of sp³-hybridized carbons (Fsp3) is 0.263. The van der Waals surface area contributed by atoms with Crippen LogP contribution in [0.3, 0.4) is 0 Å². The number of pyridine rings is 3. The minimum atomic E-state index is 0.0959. The smallest absolute Gasteiger partial charge is 0.166 e. The molecule has 3 aromatic heterocycles. The van der Waals surface area contributed by atoms with Gasteiger partial charge in [-0.15, -0.1) is 0 Å². The third kappa shape index (κ3) is 3.42. The van der Waals surface area contributed by atoms with Crippen LogP contribution in [0.15, 0.2) is 42.9 Å². The first kappa shape index (κ1) is 15.5. The van der Waals surface area contributed by atoms with Gasteiger partial charge in [-0.25, -0.2) is 9.97 Å². The van der Waals surface area contributed by atoms with Gasteiger partial charge in [-0.2, -0.15) is 0 Å². The summed E-state index contributed by atoms with van der Waals surface area (Å²) in [6.45, 7) is 1.86. The molecule has 1 fully saturated rings. The van der Waals surface area contributed by atoms with E-state index in [1.165, 1.54) is 0 Å². The summed E-state index contributed by atoms with van der Waals surface area (Å²) in [4.78, 5) is 25.2. The molecule has 1 saturated carbocycles. The molecule has 25 heavy (non-hydrogen) atoms. The summed E-state index contributed by atoms with van der Waals surface area (Å²) in [5.41, 5.74) is 2.36. The van der Waals surface area contributed by atoms with Gasteiger partial charge in [0.2, 0.25) is 0 Å². The SMILES string of the molecule is CCC(=O)c1cnc(Nc2ccc3cnccc3n2)cc1NC1CC1. The topological polar surface area (TPSA) is 79.8 Å². The quantitative estimate of drug-likeness (QED) is 0.665. The number of carbonyl (C=O) groups excluding carboxylic acids is 1. The fourth-order valence-electron chi connectivity index (χ4n) is 2.67. The number of carbonyl (C=O) groups is 1. The molecule has 6 heteroatoms. The summed E-state index contributed by atoms with van der Waals surface area (Å²) < 4.78 is 0.